The summed E-state index contributed by atoms with van der Waals surface area (Å²) in [5, 5.41) is 1.05. The highest BCUT2D eigenvalue weighted by molar-refractivity contribution is 9.09. The Morgan fingerprint density at radius 1 is 1.80 bits per heavy atom. The summed E-state index contributed by atoms with van der Waals surface area (Å²) in [6, 6.07) is 0.650. The smallest absolute Gasteiger partial charge is 0.108 e. The quantitative estimate of drug-likeness (QED) is 0.633. The molecule has 0 saturated heterocycles. The first-order valence-electron chi connectivity index (χ1n) is 3.49. The number of imidazole rings is 1. The number of alkyl halides is 1. The fourth-order valence-electron chi connectivity index (χ4n) is 1.46. The number of fused-ring (bicyclic) bond motifs is 1. The maximum absolute atomic E-state index is 4.24. The Bertz CT molecular complexity index is 231. The molecule has 0 aliphatic carbocycles. The Balaban J connectivity index is 2.34. The van der Waals surface area contributed by atoms with Gasteiger partial charge in [0.25, 0.3) is 0 Å². The van der Waals surface area contributed by atoms with Gasteiger partial charge < -0.3 is 4.57 Å². The molecule has 1 aromatic heterocycles. The van der Waals surface area contributed by atoms with E-state index < -0.39 is 0 Å². The maximum Gasteiger partial charge on any atom is 0.108 e. The fraction of sp³-hybridized carbons (Fsp3) is 0.571. The van der Waals surface area contributed by atoms with Gasteiger partial charge in [-0.15, -0.1) is 0 Å². The third kappa shape index (κ3) is 0.804. The Morgan fingerprint density at radius 2 is 2.70 bits per heavy atom. The van der Waals surface area contributed by atoms with E-state index >= 15 is 0 Å². The van der Waals surface area contributed by atoms with Gasteiger partial charge in [0.15, 0.2) is 0 Å². The zero-order chi connectivity index (χ0) is 6.97. The topological polar surface area (TPSA) is 17.8 Å². The van der Waals surface area contributed by atoms with E-state index in [-0.39, 0.29) is 0 Å². The molecule has 0 unspecified atom stereocenters. The molecule has 1 aliphatic heterocycles. The number of rotatable bonds is 1. The van der Waals surface area contributed by atoms with Gasteiger partial charge in [-0.2, -0.15) is 0 Å². The minimum Gasteiger partial charge on any atom is -0.331 e. The molecule has 3 heteroatoms. The number of nitrogens with zero attached hydrogens (tertiary/aromatic N) is 2. The highest BCUT2D eigenvalue weighted by Gasteiger charge is 2.20. The van der Waals surface area contributed by atoms with Crippen LogP contribution in [-0.2, 0) is 6.42 Å². The molecule has 1 aliphatic rings. The van der Waals surface area contributed by atoms with Crippen molar-refractivity contribution in [1.29, 1.82) is 0 Å². The second-order valence-electron chi connectivity index (χ2n) is 2.60. The van der Waals surface area contributed by atoms with Crippen LogP contribution in [0.4, 0.5) is 0 Å². The van der Waals surface area contributed by atoms with Crippen LogP contribution in [0.3, 0.4) is 0 Å². The lowest BCUT2D eigenvalue weighted by Crippen LogP contribution is -2.02. The monoisotopic (exact) mass is 200 g/mol. The fourth-order valence-corrected chi connectivity index (χ4v) is 2.09. The van der Waals surface area contributed by atoms with Crippen molar-refractivity contribution in [2.75, 3.05) is 5.33 Å². The highest BCUT2D eigenvalue weighted by atomic mass is 79.9. The Morgan fingerprint density at radius 3 is 3.50 bits per heavy atom. The van der Waals surface area contributed by atoms with E-state index in [1.807, 2.05) is 6.20 Å². The third-order valence-electron chi connectivity index (χ3n) is 2.02. The van der Waals surface area contributed by atoms with Gasteiger partial charge in [0.1, 0.15) is 5.82 Å². The second kappa shape index (κ2) is 2.38. The molecule has 1 aromatic rings. The number of hydrogen-bond donors (Lipinski definition) is 0. The summed E-state index contributed by atoms with van der Waals surface area (Å²) in [5.74, 6) is 1.24. The summed E-state index contributed by atoms with van der Waals surface area (Å²) in [4.78, 5) is 4.24. The minimum absolute atomic E-state index is 0.650. The van der Waals surface area contributed by atoms with Crippen LogP contribution < -0.4 is 0 Å². The van der Waals surface area contributed by atoms with Crippen molar-refractivity contribution >= 4 is 15.9 Å². The maximum atomic E-state index is 4.24. The SMILES string of the molecule is BrC[C@H]1CCc2nccn21. The van der Waals surface area contributed by atoms with Crippen molar-refractivity contribution < 1.29 is 0 Å². The average Bonchev–Trinajstić information content (AvgIpc) is 2.44. The lowest BCUT2D eigenvalue weighted by atomic mass is 10.2. The molecule has 10 heavy (non-hydrogen) atoms. The lowest BCUT2D eigenvalue weighted by Gasteiger charge is -2.06. The predicted octanol–water partition coefficient (Wildman–Crippen LogP) is 1.77. The molecule has 0 amide bonds. The molecule has 0 saturated carbocycles. The van der Waals surface area contributed by atoms with Crippen LogP contribution in [0, 0.1) is 0 Å². The largest absolute Gasteiger partial charge is 0.331 e. The Labute approximate surface area is 68.4 Å². The number of aromatic nitrogens is 2. The molecular weight excluding hydrogens is 192 g/mol. The van der Waals surface area contributed by atoms with E-state index in [4.69, 9.17) is 0 Å². The van der Waals surface area contributed by atoms with Gasteiger partial charge in [0.05, 0.1) is 0 Å². The van der Waals surface area contributed by atoms with Crippen LogP contribution in [-0.4, -0.2) is 14.9 Å². The molecule has 0 fully saturated rings. The molecule has 0 N–H and O–H groups in total. The van der Waals surface area contributed by atoms with Gasteiger partial charge >= 0.3 is 0 Å². The average molecular weight is 201 g/mol. The van der Waals surface area contributed by atoms with E-state index in [2.05, 4.69) is 31.7 Å². The molecule has 2 heterocycles. The minimum atomic E-state index is 0.650. The first kappa shape index (κ1) is 6.40. The van der Waals surface area contributed by atoms with Crippen LogP contribution in [0.5, 0.6) is 0 Å². The van der Waals surface area contributed by atoms with Gasteiger partial charge in [0.2, 0.25) is 0 Å². The van der Waals surface area contributed by atoms with Crippen molar-refractivity contribution in [3.63, 3.8) is 0 Å². The molecular formula is C7H9BrN2. The summed E-state index contributed by atoms with van der Waals surface area (Å²) in [7, 11) is 0. The van der Waals surface area contributed by atoms with Gasteiger partial charge in [-0.1, -0.05) is 15.9 Å². The van der Waals surface area contributed by atoms with Crippen LogP contribution in [0.2, 0.25) is 0 Å². The number of aryl methyl sites for hydroxylation is 1. The van der Waals surface area contributed by atoms with E-state index in [1.54, 1.807) is 0 Å². The number of hydrogen-bond acceptors (Lipinski definition) is 1. The van der Waals surface area contributed by atoms with Crippen LogP contribution in [0.15, 0.2) is 12.4 Å². The van der Waals surface area contributed by atoms with E-state index in [0.717, 1.165) is 11.8 Å². The summed E-state index contributed by atoms with van der Waals surface area (Å²) in [5.41, 5.74) is 0. The molecule has 0 radical (unpaired) electrons. The number of halogens is 1. The lowest BCUT2D eigenvalue weighted by molar-refractivity contribution is 0.594. The Hall–Kier alpha value is -0.310. The van der Waals surface area contributed by atoms with Crippen LogP contribution in [0.1, 0.15) is 18.3 Å². The molecule has 0 aromatic carbocycles. The molecule has 0 bridgehead atoms. The zero-order valence-electron chi connectivity index (χ0n) is 5.63. The van der Waals surface area contributed by atoms with Gasteiger partial charge in [0, 0.05) is 30.2 Å². The van der Waals surface area contributed by atoms with Gasteiger partial charge in [-0.3, -0.25) is 0 Å². The van der Waals surface area contributed by atoms with Crippen molar-refractivity contribution in [2.45, 2.75) is 18.9 Å². The van der Waals surface area contributed by atoms with Crippen LogP contribution >= 0.6 is 15.9 Å². The van der Waals surface area contributed by atoms with Gasteiger partial charge in [-0.25, -0.2) is 4.98 Å². The normalized spacial score (nSPS) is 23.1. The zero-order valence-corrected chi connectivity index (χ0v) is 7.21. The standard InChI is InChI=1S/C7H9BrN2/c8-5-6-1-2-7-9-3-4-10(6)7/h3-4,6H,1-2,5H2/t6-/m1/s1. The molecule has 1 atom stereocenters. The first-order chi connectivity index (χ1) is 4.92. The van der Waals surface area contributed by atoms with Gasteiger partial charge in [-0.05, 0) is 6.42 Å². The van der Waals surface area contributed by atoms with E-state index in [1.165, 1.54) is 12.2 Å². The summed E-state index contributed by atoms with van der Waals surface area (Å²) >= 11 is 3.48. The first-order valence-corrected chi connectivity index (χ1v) is 4.61. The summed E-state index contributed by atoms with van der Waals surface area (Å²) < 4.78 is 2.26. The van der Waals surface area contributed by atoms with Crippen molar-refractivity contribution in [3.05, 3.63) is 18.2 Å². The Kier molecular flexibility index (Phi) is 1.52. The van der Waals surface area contributed by atoms with E-state index in [0.29, 0.717) is 6.04 Å². The molecule has 0 spiro atoms. The highest BCUT2D eigenvalue weighted by Crippen LogP contribution is 2.25. The summed E-state index contributed by atoms with van der Waals surface area (Å²) in [6.45, 7) is 0. The predicted molar refractivity (Wildman–Crippen MR) is 43.4 cm³/mol. The second-order valence-corrected chi connectivity index (χ2v) is 3.25. The molecule has 2 rings (SSSR count). The molecule has 2 nitrogen and oxygen atoms in total. The molecule has 54 valence electrons. The third-order valence-corrected chi connectivity index (χ3v) is 2.77. The van der Waals surface area contributed by atoms with E-state index in [9.17, 15) is 0 Å². The summed E-state index contributed by atoms with van der Waals surface area (Å²) in [6.07, 6.45) is 6.33. The van der Waals surface area contributed by atoms with Crippen molar-refractivity contribution in [2.24, 2.45) is 0 Å². The van der Waals surface area contributed by atoms with Crippen molar-refractivity contribution in [3.8, 4) is 0 Å². The van der Waals surface area contributed by atoms with Crippen LogP contribution in [0.25, 0.3) is 0 Å². The van der Waals surface area contributed by atoms with Crippen molar-refractivity contribution in [1.82, 2.24) is 9.55 Å².